The van der Waals surface area contributed by atoms with Crippen LogP contribution >= 0.6 is 0 Å². The number of hydrogen-bond donors (Lipinski definition) is 2. The van der Waals surface area contributed by atoms with Gasteiger partial charge in [0.05, 0.1) is 6.04 Å². The van der Waals surface area contributed by atoms with Crippen LogP contribution in [0.4, 0.5) is 14.4 Å². The molecule has 2 rings (SSSR count). The van der Waals surface area contributed by atoms with Crippen molar-refractivity contribution in [2.24, 2.45) is 11.8 Å². The number of Topliss-reactive ketones (excluding diaryl/α,β-unsaturated/α-hetero) is 1. The number of aliphatic hydroxyl groups is 1. The highest BCUT2D eigenvalue weighted by molar-refractivity contribution is 6.01. The highest BCUT2D eigenvalue weighted by Crippen LogP contribution is 2.13. The molecule has 9 nitrogen and oxygen atoms in total. The minimum Gasteiger partial charge on any atom is -0.444 e. The second kappa shape index (κ2) is 17.1. The lowest BCUT2D eigenvalue weighted by molar-refractivity contribution is -0.123. The maximum atomic E-state index is 13.7. The Kier molecular flexibility index (Phi) is 13.9. The fraction of sp³-hybridized carbons (Fsp3) is 0.484. The smallest absolute Gasteiger partial charge is 0.418 e. The van der Waals surface area contributed by atoms with E-state index in [0.29, 0.717) is 19.3 Å². The first-order valence-electron chi connectivity index (χ1n) is 13.9. The first-order valence-corrected chi connectivity index (χ1v) is 13.9. The van der Waals surface area contributed by atoms with E-state index in [4.69, 9.17) is 4.74 Å². The van der Waals surface area contributed by atoms with Crippen molar-refractivity contribution >= 4 is 23.9 Å². The molecule has 0 fully saturated rings. The van der Waals surface area contributed by atoms with Crippen LogP contribution in [0, 0.1) is 11.8 Å². The van der Waals surface area contributed by atoms with E-state index < -0.39 is 36.6 Å². The maximum absolute atomic E-state index is 13.7. The second-order valence-electron chi connectivity index (χ2n) is 10.6. The Balaban J connectivity index is 2.23. The second-order valence-corrected chi connectivity index (χ2v) is 10.6. The van der Waals surface area contributed by atoms with Gasteiger partial charge in [-0.25, -0.2) is 24.2 Å². The fourth-order valence-electron chi connectivity index (χ4n) is 3.87. The van der Waals surface area contributed by atoms with E-state index in [-0.39, 0.29) is 38.0 Å². The molecular formula is C31H43N3O6. The number of nitrogens with one attached hydrogen (secondary N) is 1. The van der Waals surface area contributed by atoms with Crippen LogP contribution in [0.25, 0.3) is 0 Å². The van der Waals surface area contributed by atoms with Crippen molar-refractivity contribution in [3.05, 3.63) is 71.8 Å². The van der Waals surface area contributed by atoms with Gasteiger partial charge in [0.2, 0.25) is 0 Å². The molecule has 2 N–H and O–H groups in total. The lowest BCUT2D eigenvalue weighted by atomic mass is 10.0. The Bertz CT molecular complexity index is 1070. The quantitative estimate of drug-likeness (QED) is 0.323. The number of benzene rings is 2. The van der Waals surface area contributed by atoms with Crippen LogP contribution in [-0.2, 0) is 22.6 Å². The van der Waals surface area contributed by atoms with Gasteiger partial charge >= 0.3 is 18.2 Å². The molecule has 0 aliphatic heterocycles. The number of aliphatic hydroxyl groups excluding tert-OH is 1. The number of nitrogens with zero attached hydrogens (tertiary/aromatic N) is 2. The molecule has 0 aliphatic carbocycles. The molecule has 2 aromatic carbocycles. The van der Waals surface area contributed by atoms with Crippen molar-refractivity contribution in [3.63, 3.8) is 0 Å². The van der Waals surface area contributed by atoms with Gasteiger partial charge in [0.15, 0.2) is 5.78 Å². The number of imide groups is 2. The number of rotatable bonds is 14. The van der Waals surface area contributed by atoms with Gasteiger partial charge in [0, 0.05) is 13.1 Å². The predicted molar refractivity (Wildman–Crippen MR) is 154 cm³/mol. The molecule has 1 atom stereocenters. The van der Waals surface area contributed by atoms with Gasteiger partial charge in [-0.2, -0.15) is 0 Å². The summed E-state index contributed by atoms with van der Waals surface area (Å²) in [5.74, 6) is -0.190. The predicted octanol–water partition coefficient (Wildman–Crippen LogP) is 5.41. The van der Waals surface area contributed by atoms with Crippen LogP contribution in [0.1, 0.15) is 58.1 Å². The molecule has 0 spiro atoms. The number of amides is 5. The molecule has 0 aliphatic rings. The van der Waals surface area contributed by atoms with Gasteiger partial charge < -0.3 is 15.2 Å². The van der Waals surface area contributed by atoms with Gasteiger partial charge in [-0.3, -0.25) is 4.79 Å². The molecule has 2 aromatic rings. The van der Waals surface area contributed by atoms with Gasteiger partial charge in [-0.05, 0) is 48.6 Å². The van der Waals surface area contributed by atoms with Crippen molar-refractivity contribution in [1.29, 1.82) is 0 Å². The average molecular weight is 554 g/mol. The molecular weight excluding hydrogens is 510 g/mol. The van der Waals surface area contributed by atoms with Crippen molar-refractivity contribution < 1.29 is 29.0 Å². The Morgan fingerprint density at radius 1 is 0.775 bits per heavy atom. The number of carbonyl (C=O) groups is 4. The molecule has 40 heavy (non-hydrogen) atoms. The van der Waals surface area contributed by atoms with Crippen LogP contribution < -0.4 is 5.32 Å². The minimum atomic E-state index is -0.999. The van der Waals surface area contributed by atoms with Gasteiger partial charge in [0.1, 0.15) is 13.2 Å². The molecule has 218 valence electrons. The monoisotopic (exact) mass is 553 g/mol. The zero-order chi connectivity index (χ0) is 29.5. The summed E-state index contributed by atoms with van der Waals surface area (Å²) in [7, 11) is 0. The summed E-state index contributed by atoms with van der Waals surface area (Å²) in [5.41, 5.74) is 1.74. The van der Waals surface area contributed by atoms with Crippen LogP contribution in [0.2, 0.25) is 0 Å². The van der Waals surface area contributed by atoms with Crippen molar-refractivity contribution in [1.82, 2.24) is 15.1 Å². The zero-order valence-electron chi connectivity index (χ0n) is 24.0. The highest BCUT2D eigenvalue weighted by atomic mass is 16.6. The van der Waals surface area contributed by atoms with E-state index in [0.717, 1.165) is 20.9 Å². The van der Waals surface area contributed by atoms with E-state index in [1.807, 2.05) is 88.4 Å². The Morgan fingerprint density at radius 2 is 1.30 bits per heavy atom. The zero-order valence-corrected chi connectivity index (χ0v) is 24.0. The summed E-state index contributed by atoms with van der Waals surface area (Å²) in [5, 5.41) is 12.2. The molecule has 5 amide bonds. The molecule has 0 aromatic heterocycles. The maximum Gasteiger partial charge on any atom is 0.418 e. The van der Waals surface area contributed by atoms with Crippen LogP contribution in [-0.4, -0.2) is 64.6 Å². The number of urea groups is 2. The minimum absolute atomic E-state index is 0.0180. The highest BCUT2D eigenvalue weighted by Gasteiger charge is 2.33. The van der Waals surface area contributed by atoms with Crippen molar-refractivity contribution in [2.75, 3.05) is 19.7 Å². The Labute approximate surface area is 237 Å². The summed E-state index contributed by atoms with van der Waals surface area (Å²) < 4.78 is 5.44. The summed E-state index contributed by atoms with van der Waals surface area (Å²) in [4.78, 5) is 54.7. The third-order valence-electron chi connectivity index (χ3n) is 6.40. The van der Waals surface area contributed by atoms with Gasteiger partial charge in [0.25, 0.3) is 0 Å². The lowest BCUT2D eigenvalue weighted by Crippen LogP contribution is -2.55. The van der Waals surface area contributed by atoms with E-state index >= 15 is 0 Å². The molecule has 0 heterocycles. The van der Waals surface area contributed by atoms with E-state index in [1.165, 1.54) is 0 Å². The van der Waals surface area contributed by atoms with E-state index in [2.05, 4.69) is 5.32 Å². The fourth-order valence-corrected chi connectivity index (χ4v) is 3.87. The molecule has 9 heteroatoms. The molecule has 0 saturated heterocycles. The molecule has 0 saturated carbocycles. The summed E-state index contributed by atoms with van der Waals surface area (Å²) in [6.45, 7) is 7.22. The molecule has 0 bridgehead atoms. The SMILES string of the molecule is CC(C)CCN(C(=O)N[C@@H](CCc1ccccc1)C(=O)CO)C(=O)N(CCC(C)C)C(=O)OCc1ccccc1. The third kappa shape index (κ3) is 11.2. The lowest BCUT2D eigenvalue weighted by Gasteiger charge is -2.30. The number of ether oxygens (including phenoxy) is 1. The molecule has 0 unspecified atom stereocenters. The van der Waals surface area contributed by atoms with Crippen molar-refractivity contribution in [3.8, 4) is 0 Å². The average Bonchev–Trinajstić information content (AvgIpc) is 2.94. The first-order chi connectivity index (χ1) is 19.1. The first kappa shape index (κ1) is 32.5. The number of carbonyl (C=O) groups excluding carboxylic acids is 4. The largest absolute Gasteiger partial charge is 0.444 e. The number of hydrogen-bond acceptors (Lipinski definition) is 6. The van der Waals surface area contributed by atoms with Crippen LogP contribution in [0.15, 0.2) is 60.7 Å². The van der Waals surface area contributed by atoms with Crippen molar-refractivity contribution in [2.45, 2.75) is 66.0 Å². The Hall–Kier alpha value is -3.72. The summed E-state index contributed by atoms with van der Waals surface area (Å²) in [6.07, 6.45) is 0.915. The van der Waals surface area contributed by atoms with Crippen LogP contribution in [0.5, 0.6) is 0 Å². The normalized spacial score (nSPS) is 11.7. The standard InChI is InChI=1S/C31H43N3O6/c1-23(2)17-19-33(29(37)32-27(28(36)21-35)16-15-25-11-7-5-8-12-25)30(38)34(20-18-24(3)4)31(39)40-22-26-13-9-6-10-14-26/h5-14,23-24,27,35H,15-22H2,1-4H3,(H,32,37)/t27-/m0/s1. The van der Waals surface area contributed by atoms with E-state index in [1.54, 1.807) is 0 Å². The summed E-state index contributed by atoms with van der Waals surface area (Å²) in [6, 6.07) is 16.0. The Morgan fingerprint density at radius 3 is 1.82 bits per heavy atom. The number of aryl methyl sites for hydroxylation is 1. The topological polar surface area (TPSA) is 116 Å². The van der Waals surface area contributed by atoms with E-state index in [9.17, 15) is 24.3 Å². The summed E-state index contributed by atoms with van der Waals surface area (Å²) >= 11 is 0. The third-order valence-corrected chi connectivity index (χ3v) is 6.40. The van der Waals surface area contributed by atoms with Gasteiger partial charge in [-0.15, -0.1) is 0 Å². The van der Waals surface area contributed by atoms with Crippen LogP contribution in [0.3, 0.4) is 0 Å². The molecule has 0 radical (unpaired) electrons. The van der Waals surface area contributed by atoms with Gasteiger partial charge in [-0.1, -0.05) is 88.4 Å². The number of ketones is 1.